The van der Waals surface area contributed by atoms with Gasteiger partial charge in [0, 0.05) is 5.56 Å². The van der Waals surface area contributed by atoms with E-state index in [0.29, 0.717) is 18.7 Å². The van der Waals surface area contributed by atoms with Crippen LogP contribution in [0.3, 0.4) is 0 Å². The molecule has 0 fully saturated rings. The van der Waals surface area contributed by atoms with Gasteiger partial charge in [-0.1, -0.05) is 48.0 Å². The Hall–Kier alpha value is -3.60. The largest absolute Gasteiger partial charge is 0.492 e. The lowest BCUT2D eigenvalue weighted by Gasteiger charge is -2.17. The standard InChI is InChI=1S/C26H27N3O2/c1-18-12-14-21(15-13-18)31-17-16-29-24-11-7-6-10-23(24)28-25(29)20(3)27-26(30)22-9-5-4-8-19(22)2/h4-15,20H,16-17H2,1-3H3,(H,27,30). The number of hydrogen-bond donors (Lipinski definition) is 1. The number of para-hydroxylation sites is 2. The van der Waals surface area contributed by atoms with E-state index in [1.54, 1.807) is 0 Å². The maximum Gasteiger partial charge on any atom is 0.252 e. The Bertz CT molecular complexity index is 1190. The number of nitrogens with one attached hydrogen (secondary N) is 1. The van der Waals surface area contributed by atoms with Crippen molar-refractivity contribution in [3.8, 4) is 5.75 Å². The summed E-state index contributed by atoms with van der Waals surface area (Å²) in [5.74, 6) is 1.56. The average Bonchev–Trinajstić information content (AvgIpc) is 3.14. The number of amides is 1. The highest BCUT2D eigenvalue weighted by Gasteiger charge is 2.19. The number of hydrogen-bond acceptors (Lipinski definition) is 3. The number of fused-ring (bicyclic) bond motifs is 1. The summed E-state index contributed by atoms with van der Waals surface area (Å²) in [6.07, 6.45) is 0. The summed E-state index contributed by atoms with van der Waals surface area (Å²) in [5.41, 5.74) is 4.77. The summed E-state index contributed by atoms with van der Waals surface area (Å²) in [4.78, 5) is 17.6. The molecule has 5 heteroatoms. The van der Waals surface area contributed by atoms with Crippen LogP contribution >= 0.6 is 0 Å². The van der Waals surface area contributed by atoms with E-state index in [9.17, 15) is 4.79 Å². The number of carbonyl (C=O) groups is 1. The van der Waals surface area contributed by atoms with Crippen LogP contribution in [-0.4, -0.2) is 22.1 Å². The van der Waals surface area contributed by atoms with Gasteiger partial charge in [-0.15, -0.1) is 0 Å². The molecular formula is C26H27N3O2. The van der Waals surface area contributed by atoms with Gasteiger partial charge >= 0.3 is 0 Å². The fraction of sp³-hybridized carbons (Fsp3) is 0.231. The molecule has 4 aromatic rings. The van der Waals surface area contributed by atoms with E-state index in [1.807, 2.05) is 86.6 Å². The van der Waals surface area contributed by atoms with Crippen molar-refractivity contribution in [3.05, 3.63) is 95.3 Å². The van der Waals surface area contributed by atoms with Crippen LogP contribution in [0.15, 0.2) is 72.8 Å². The van der Waals surface area contributed by atoms with Crippen LogP contribution in [0.25, 0.3) is 11.0 Å². The lowest BCUT2D eigenvalue weighted by Crippen LogP contribution is -2.29. The minimum Gasteiger partial charge on any atom is -0.492 e. The van der Waals surface area contributed by atoms with E-state index < -0.39 is 0 Å². The van der Waals surface area contributed by atoms with Gasteiger partial charge in [-0.2, -0.15) is 0 Å². The van der Waals surface area contributed by atoms with Gasteiger partial charge < -0.3 is 14.6 Å². The number of aryl methyl sites for hydroxylation is 2. The molecule has 0 aliphatic carbocycles. The molecule has 1 N–H and O–H groups in total. The van der Waals surface area contributed by atoms with Crippen molar-refractivity contribution < 1.29 is 9.53 Å². The number of ether oxygens (including phenoxy) is 1. The first-order valence-corrected chi connectivity index (χ1v) is 10.5. The lowest BCUT2D eigenvalue weighted by atomic mass is 10.1. The van der Waals surface area contributed by atoms with Gasteiger partial charge in [-0.3, -0.25) is 4.79 Å². The number of benzene rings is 3. The van der Waals surface area contributed by atoms with Crippen LogP contribution < -0.4 is 10.1 Å². The molecule has 1 aromatic heterocycles. The molecule has 0 saturated heterocycles. The summed E-state index contributed by atoms with van der Waals surface area (Å²) in [7, 11) is 0. The predicted octanol–water partition coefficient (Wildman–Crippen LogP) is 5.22. The van der Waals surface area contributed by atoms with Gasteiger partial charge in [0.15, 0.2) is 0 Å². The number of carbonyl (C=O) groups excluding carboxylic acids is 1. The van der Waals surface area contributed by atoms with Gasteiger partial charge in [0.1, 0.15) is 18.2 Å². The number of nitrogens with zero attached hydrogens (tertiary/aromatic N) is 2. The number of rotatable bonds is 7. The van der Waals surface area contributed by atoms with Crippen molar-refractivity contribution in [2.75, 3.05) is 6.61 Å². The van der Waals surface area contributed by atoms with Gasteiger partial charge in [-0.25, -0.2) is 4.98 Å². The maximum absolute atomic E-state index is 12.8. The Kier molecular flexibility index (Phi) is 6.03. The molecule has 4 rings (SSSR count). The minimum atomic E-state index is -0.251. The zero-order valence-corrected chi connectivity index (χ0v) is 18.1. The van der Waals surface area contributed by atoms with E-state index in [4.69, 9.17) is 9.72 Å². The van der Waals surface area contributed by atoms with Crippen LogP contribution in [0.1, 0.15) is 40.3 Å². The van der Waals surface area contributed by atoms with Gasteiger partial charge in [0.25, 0.3) is 5.91 Å². The maximum atomic E-state index is 12.8. The predicted molar refractivity (Wildman–Crippen MR) is 123 cm³/mol. The van der Waals surface area contributed by atoms with E-state index >= 15 is 0 Å². The Morgan fingerprint density at radius 3 is 2.48 bits per heavy atom. The second-order valence-electron chi connectivity index (χ2n) is 7.78. The summed E-state index contributed by atoms with van der Waals surface area (Å²) in [5, 5.41) is 3.11. The molecule has 0 aliphatic heterocycles. The molecular weight excluding hydrogens is 386 g/mol. The van der Waals surface area contributed by atoms with Crippen molar-refractivity contribution in [1.82, 2.24) is 14.9 Å². The lowest BCUT2D eigenvalue weighted by molar-refractivity contribution is 0.0937. The van der Waals surface area contributed by atoms with Gasteiger partial charge in [-0.05, 0) is 56.7 Å². The number of aromatic nitrogens is 2. The second-order valence-corrected chi connectivity index (χ2v) is 7.78. The van der Waals surface area contributed by atoms with Gasteiger partial charge in [0.05, 0.1) is 23.6 Å². The first-order chi connectivity index (χ1) is 15.0. The van der Waals surface area contributed by atoms with E-state index in [0.717, 1.165) is 28.2 Å². The van der Waals surface area contributed by atoms with Crippen molar-refractivity contribution in [1.29, 1.82) is 0 Å². The molecule has 1 heterocycles. The fourth-order valence-electron chi connectivity index (χ4n) is 3.72. The fourth-order valence-corrected chi connectivity index (χ4v) is 3.72. The quantitative estimate of drug-likeness (QED) is 0.452. The molecule has 1 unspecified atom stereocenters. The Labute approximate surface area is 182 Å². The minimum absolute atomic E-state index is 0.0971. The Morgan fingerprint density at radius 1 is 1.00 bits per heavy atom. The molecule has 1 atom stereocenters. The van der Waals surface area contributed by atoms with Crippen molar-refractivity contribution in [2.45, 2.75) is 33.4 Å². The summed E-state index contributed by atoms with van der Waals surface area (Å²) >= 11 is 0. The molecule has 1 amide bonds. The third-order valence-corrected chi connectivity index (χ3v) is 5.41. The SMILES string of the molecule is Cc1ccc(OCCn2c(C(C)NC(=O)c3ccccc3C)nc3ccccc32)cc1. The molecule has 31 heavy (non-hydrogen) atoms. The van der Waals surface area contributed by atoms with E-state index in [2.05, 4.69) is 16.8 Å². The van der Waals surface area contributed by atoms with Crippen LogP contribution in [0, 0.1) is 13.8 Å². The summed E-state index contributed by atoms with van der Waals surface area (Å²) in [6.45, 7) is 7.11. The van der Waals surface area contributed by atoms with Gasteiger partial charge in [0.2, 0.25) is 0 Å². The third kappa shape index (κ3) is 4.61. The summed E-state index contributed by atoms with van der Waals surface area (Å²) < 4.78 is 8.08. The van der Waals surface area contributed by atoms with Crippen LogP contribution in [0.5, 0.6) is 5.75 Å². The molecule has 0 aliphatic rings. The van der Waals surface area contributed by atoms with Crippen LogP contribution in [0.4, 0.5) is 0 Å². The second kappa shape index (κ2) is 9.04. The normalized spacial score (nSPS) is 12.0. The number of imidazole rings is 1. The first-order valence-electron chi connectivity index (χ1n) is 10.5. The first kappa shape index (κ1) is 20.7. The van der Waals surface area contributed by atoms with Crippen molar-refractivity contribution >= 4 is 16.9 Å². The molecule has 5 nitrogen and oxygen atoms in total. The molecule has 0 bridgehead atoms. The van der Waals surface area contributed by atoms with E-state index in [-0.39, 0.29) is 11.9 Å². The topological polar surface area (TPSA) is 56.1 Å². The zero-order chi connectivity index (χ0) is 21.8. The third-order valence-electron chi connectivity index (χ3n) is 5.41. The molecule has 0 saturated carbocycles. The average molecular weight is 414 g/mol. The van der Waals surface area contributed by atoms with Crippen LogP contribution in [-0.2, 0) is 6.54 Å². The zero-order valence-electron chi connectivity index (χ0n) is 18.1. The molecule has 158 valence electrons. The molecule has 0 spiro atoms. The van der Waals surface area contributed by atoms with Crippen LogP contribution in [0.2, 0.25) is 0 Å². The smallest absolute Gasteiger partial charge is 0.252 e. The van der Waals surface area contributed by atoms with E-state index in [1.165, 1.54) is 5.56 Å². The molecule has 3 aromatic carbocycles. The van der Waals surface area contributed by atoms with Crippen molar-refractivity contribution in [2.24, 2.45) is 0 Å². The highest BCUT2D eigenvalue weighted by atomic mass is 16.5. The Morgan fingerprint density at radius 2 is 1.71 bits per heavy atom. The monoisotopic (exact) mass is 413 g/mol. The summed E-state index contributed by atoms with van der Waals surface area (Å²) in [6, 6.07) is 23.4. The molecule has 0 radical (unpaired) electrons. The highest BCUT2D eigenvalue weighted by molar-refractivity contribution is 5.95. The van der Waals surface area contributed by atoms with Crippen molar-refractivity contribution in [3.63, 3.8) is 0 Å². The Balaban J connectivity index is 1.54. The highest BCUT2D eigenvalue weighted by Crippen LogP contribution is 2.22.